The molecule has 0 amide bonds. The molecule has 1 heterocycles. The number of hydrogen-bond acceptors (Lipinski definition) is 20. The molecule has 4 aromatic rings. The second-order valence-electron chi connectivity index (χ2n) is 8.11. The van der Waals surface area contributed by atoms with Crippen LogP contribution in [0.15, 0.2) is 67.4 Å². The molecule has 0 aliphatic carbocycles. The first-order chi connectivity index (χ1) is 20.8. The van der Waals surface area contributed by atoms with Crippen molar-refractivity contribution in [2.24, 2.45) is 10.2 Å². The number of fused-ring (bicyclic) bond motifs is 1. The number of nitrogens with zero attached hydrogens (tertiary/aromatic N) is 6. The first-order valence-electron chi connectivity index (χ1n) is 11.3. The van der Waals surface area contributed by atoms with Gasteiger partial charge >= 0.3 is 88.7 Å². The number of azo groups is 1. The van der Waals surface area contributed by atoms with Crippen molar-refractivity contribution in [3.8, 4) is 5.75 Å². The Hall–Kier alpha value is -0.810. The van der Waals surface area contributed by atoms with Crippen LogP contribution in [0.25, 0.3) is 10.8 Å². The predicted octanol–water partition coefficient (Wildman–Crippen LogP) is -7.70. The molecule has 0 atom stereocenters. The van der Waals surface area contributed by atoms with Crippen molar-refractivity contribution in [1.29, 1.82) is 0 Å². The van der Waals surface area contributed by atoms with E-state index in [1.807, 2.05) is 0 Å². The van der Waals surface area contributed by atoms with Gasteiger partial charge in [0, 0.05) is 5.39 Å². The van der Waals surface area contributed by atoms with Gasteiger partial charge in [-0.2, -0.15) is 19.3 Å². The van der Waals surface area contributed by atoms with Gasteiger partial charge in [0.15, 0.2) is 5.75 Å². The second-order valence-corrected chi connectivity index (χ2v) is 11.9. The van der Waals surface area contributed by atoms with E-state index in [4.69, 9.17) is 11.6 Å². The van der Waals surface area contributed by atoms with Crippen LogP contribution in [0.5, 0.6) is 5.75 Å². The van der Waals surface area contributed by atoms with E-state index in [1.165, 1.54) is 12.1 Å². The van der Waals surface area contributed by atoms with E-state index >= 15 is 0 Å². The fourth-order valence-electron chi connectivity index (χ4n) is 3.60. The summed E-state index contributed by atoms with van der Waals surface area (Å²) < 4.78 is 75.2. The van der Waals surface area contributed by atoms with Crippen molar-refractivity contribution in [3.63, 3.8) is 0 Å². The van der Waals surface area contributed by atoms with Crippen molar-refractivity contribution < 1.29 is 145 Å². The van der Waals surface area contributed by atoms with Crippen LogP contribution < -0.4 is 104 Å². The number of aromatic nitrogens is 3. The maximum absolute atomic E-state index is 12.0. The summed E-state index contributed by atoms with van der Waals surface area (Å²) in [4.78, 5) is 10.6. The van der Waals surface area contributed by atoms with Gasteiger partial charge in [-0.3, -0.25) is 9.94 Å². The van der Waals surface area contributed by atoms with E-state index in [0.29, 0.717) is 0 Å². The van der Waals surface area contributed by atoms with E-state index < -0.39 is 71.8 Å². The molecule has 0 radical (unpaired) electrons. The van der Waals surface area contributed by atoms with E-state index in [2.05, 4.69) is 39.9 Å². The molecule has 19 nitrogen and oxygen atoms in total. The van der Waals surface area contributed by atoms with Gasteiger partial charge in [0.2, 0.25) is 17.2 Å². The number of anilines is 3. The molecule has 0 fully saturated rings. The Morgan fingerprint density at radius 1 is 0.957 bits per heavy atom. The molecule has 26 heteroatoms. The zero-order valence-corrected chi connectivity index (χ0v) is 33.5. The van der Waals surface area contributed by atoms with Crippen LogP contribution in [0, 0.1) is 0 Å². The topological polar surface area (TPSA) is 295 Å². The molecule has 0 aliphatic heterocycles. The van der Waals surface area contributed by atoms with Crippen LogP contribution in [0.2, 0.25) is 5.28 Å². The molecule has 0 saturated heterocycles. The number of halogens is 1. The third kappa shape index (κ3) is 11.1. The Kier molecular flexibility index (Phi) is 17.9. The number of aliphatic hydroxyl groups excluding tert-OH is 2. The quantitative estimate of drug-likeness (QED) is 0.0198. The summed E-state index contributed by atoms with van der Waals surface area (Å²) >= 11 is 6.11. The molecule has 0 aliphatic rings. The number of phenols is 1. The summed E-state index contributed by atoms with van der Waals surface area (Å²) in [6.07, 6.45) is 0. The summed E-state index contributed by atoms with van der Waals surface area (Å²) in [5.41, 5.74) is -1.26. The summed E-state index contributed by atoms with van der Waals surface area (Å²) in [5, 5.41) is 53.3. The molecule has 234 valence electrons. The zero-order valence-electron chi connectivity index (χ0n) is 24.3. The molecular weight excluding hydrogens is 743 g/mol. The predicted molar refractivity (Wildman–Crippen MR) is 145 cm³/mol. The fourth-order valence-corrected chi connectivity index (χ4v) is 5.39. The number of phenolic OH excluding ortho intramolecular Hbond substituents is 1. The van der Waals surface area contributed by atoms with Crippen LogP contribution in [-0.4, -0.2) is 69.7 Å². The van der Waals surface area contributed by atoms with Crippen molar-refractivity contribution in [2.45, 2.75) is 14.7 Å². The average molecular weight is 758 g/mol. The maximum Gasteiger partial charge on any atom is 1.00 e. The Labute approximate surface area is 341 Å². The minimum absolute atomic E-state index is 0. The molecule has 47 heavy (non-hydrogen) atoms. The van der Waals surface area contributed by atoms with E-state index in [0.717, 1.165) is 35.2 Å². The first-order valence-corrected chi connectivity index (χ1v) is 15.2. The second kappa shape index (κ2) is 19.0. The largest absolute Gasteiger partial charge is 1.00 e. The molecular formula is C21H15ClN7Na3O12S3. The molecule has 4 rings (SSSR count). The Morgan fingerprint density at radius 2 is 1.62 bits per heavy atom. The van der Waals surface area contributed by atoms with Gasteiger partial charge in [-0.1, -0.05) is 12.1 Å². The average Bonchev–Trinajstić information content (AvgIpc) is 2.95. The van der Waals surface area contributed by atoms with Crippen LogP contribution in [0.4, 0.5) is 29.0 Å². The Morgan fingerprint density at radius 3 is 2.21 bits per heavy atom. The minimum Gasteiger partial charge on any atom is -0.744 e. The number of hydrogen-bond donors (Lipinski definition) is 4. The summed E-state index contributed by atoms with van der Waals surface area (Å²) in [5.74, 6) is -1.53. The summed E-state index contributed by atoms with van der Waals surface area (Å²) in [7, 11) is -10.1. The first kappa shape index (κ1) is 44.2. The monoisotopic (exact) mass is 757 g/mol. The van der Waals surface area contributed by atoms with E-state index in [9.17, 15) is 46.5 Å². The third-order valence-electron chi connectivity index (χ3n) is 5.42. The number of aliphatic hydroxyl groups is 2. The summed E-state index contributed by atoms with van der Waals surface area (Å²) in [6, 6.07) is 7.50. The number of aromatic hydroxyl groups is 1. The van der Waals surface area contributed by atoms with Gasteiger partial charge < -0.3 is 35.0 Å². The van der Waals surface area contributed by atoms with Crippen LogP contribution >= 0.6 is 23.6 Å². The Bertz CT molecular complexity index is 1980. The van der Waals surface area contributed by atoms with Gasteiger partial charge in [0.1, 0.15) is 45.1 Å². The van der Waals surface area contributed by atoms with Crippen molar-refractivity contribution >= 4 is 83.6 Å². The molecule has 0 spiro atoms. The number of benzene rings is 3. The van der Waals surface area contributed by atoms with Crippen molar-refractivity contribution in [1.82, 2.24) is 15.0 Å². The van der Waals surface area contributed by atoms with Crippen LogP contribution in [0.3, 0.4) is 0 Å². The Balaban J connectivity index is 0.00000368. The molecule has 0 saturated carbocycles. The molecule has 0 bridgehead atoms. The van der Waals surface area contributed by atoms with Crippen LogP contribution in [0.1, 0.15) is 0 Å². The summed E-state index contributed by atoms with van der Waals surface area (Å²) in [6.45, 7) is -1.49. The SMILES string of the molecule is O=S(=O)([O-])c1cc(Nc2nc(Cl)nc(N(CO)CO)n2)c2c(O)c(N=Nc3ccccc3S(=O)(=O)[O-])c(SOO[O-])cc2c1.[Na+].[Na+].[Na+]. The molecule has 3 aromatic carbocycles. The third-order valence-corrected chi connectivity index (χ3v) is 7.90. The normalized spacial score (nSPS) is 11.4. The van der Waals surface area contributed by atoms with Gasteiger partial charge in [-0.05, 0) is 47.3 Å². The van der Waals surface area contributed by atoms with E-state index in [-0.39, 0.29) is 128 Å². The van der Waals surface area contributed by atoms with E-state index in [1.54, 1.807) is 0 Å². The van der Waals surface area contributed by atoms with Crippen molar-refractivity contribution in [2.75, 3.05) is 23.7 Å². The zero-order chi connectivity index (χ0) is 32.2. The van der Waals surface area contributed by atoms with Crippen LogP contribution in [-0.2, 0) is 29.6 Å². The molecule has 0 unspecified atom stereocenters. The number of rotatable bonds is 12. The fraction of sp³-hybridized carbons (Fsp3) is 0.0952. The number of nitrogens with one attached hydrogen (secondary N) is 1. The molecule has 4 N–H and O–H groups in total. The molecule has 1 aromatic heterocycles. The van der Waals surface area contributed by atoms with Gasteiger partial charge in [0.25, 0.3) is 0 Å². The van der Waals surface area contributed by atoms with Gasteiger partial charge in [-0.15, -0.1) is 10.2 Å². The smallest absolute Gasteiger partial charge is 0.744 e. The maximum atomic E-state index is 12.0. The van der Waals surface area contributed by atoms with Gasteiger partial charge in [0.05, 0.1) is 32.4 Å². The standard InChI is InChI=1S/C21H18ClN7O12S3.3Na/c22-19-24-20(26-21(25-19)29(8-30)9-31)23-13-7-11(43(34,35)36)5-10-6-14(42-41-40-33)17(18(32)16(10)13)28-27-12-3-1-2-4-15(12)44(37,38)39;;;/h1-7,30-33H,8-9H2,(H,34,35,36)(H,37,38,39)(H,23,24,25,26);;;/q;3*+1/p-3. The minimum atomic E-state index is -5.13. The van der Waals surface area contributed by atoms with Crippen molar-refractivity contribution in [3.05, 3.63) is 47.7 Å². The van der Waals surface area contributed by atoms with Gasteiger partial charge in [-0.25, -0.2) is 16.8 Å².